The molecule has 1 N–H and O–H groups in total. The van der Waals surface area contributed by atoms with Crippen LogP contribution in [0.5, 0.6) is 0 Å². The summed E-state index contributed by atoms with van der Waals surface area (Å²) in [5, 5.41) is 10.3. The normalized spacial score (nSPS) is 10.4. The first kappa shape index (κ1) is 13.3. The van der Waals surface area contributed by atoms with Gasteiger partial charge in [-0.1, -0.05) is 0 Å². The summed E-state index contributed by atoms with van der Waals surface area (Å²) in [6.45, 7) is 2.67. The molecular formula is C12H12N2O4S. The van der Waals surface area contributed by atoms with E-state index in [9.17, 15) is 9.59 Å². The molecule has 2 aromatic rings. The Hall–Kier alpha value is -2.15. The van der Waals surface area contributed by atoms with E-state index in [0.29, 0.717) is 18.8 Å². The fraction of sp³-hybridized carbons (Fsp3) is 0.250. The van der Waals surface area contributed by atoms with E-state index >= 15 is 0 Å². The quantitative estimate of drug-likeness (QED) is 0.906. The van der Waals surface area contributed by atoms with Crippen LogP contribution >= 0.6 is 11.3 Å². The lowest BCUT2D eigenvalue weighted by molar-refractivity contribution is 0.0691. The molecule has 19 heavy (non-hydrogen) atoms. The van der Waals surface area contributed by atoms with Gasteiger partial charge in [-0.05, 0) is 19.1 Å². The van der Waals surface area contributed by atoms with E-state index in [4.69, 9.17) is 9.52 Å². The molecule has 0 saturated carbocycles. The van der Waals surface area contributed by atoms with Crippen LogP contribution < -0.4 is 0 Å². The Labute approximate surface area is 113 Å². The van der Waals surface area contributed by atoms with Gasteiger partial charge in [0.1, 0.15) is 5.76 Å². The number of hydrogen-bond donors (Lipinski definition) is 1. The van der Waals surface area contributed by atoms with Gasteiger partial charge < -0.3 is 14.4 Å². The minimum atomic E-state index is -1.13. The second-order valence-electron chi connectivity index (χ2n) is 3.74. The van der Waals surface area contributed by atoms with Crippen molar-refractivity contribution in [2.24, 2.45) is 0 Å². The van der Waals surface area contributed by atoms with Crippen LogP contribution in [0.4, 0.5) is 0 Å². The highest BCUT2D eigenvalue weighted by Crippen LogP contribution is 2.14. The molecule has 7 heteroatoms. The lowest BCUT2D eigenvalue weighted by Gasteiger charge is -2.17. The van der Waals surface area contributed by atoms with Crippen molar-refractivity contribution >= 4 is 23.2 Å². The molecule has 6 nitrogen and oxygen atoms in total. The van der Waals surface area contributed by atoms with Gasteiger partial charge in [0.05, 0.1) is 12.8 Å². The van der Waals surface area contributed by atoms with Crippen molar-refractivity contribution in [3.8, 4) is 0 Å². The highest BCUT2D eigenvalue weighted by molar-refractivity contribution is 7.11. The SMILES string of the molecule is CCN(Cc1ccco1)C(=O)c1nc(C(=O)O)cs1. The van der Waals surface area contributed by atoms with E-state index in [2.05, 4.69) is 4.98 Å². The highest BCUT2D eigenvalue weighted by Gasteiger charge is 2.20. The van der Waals surface area contributed by atoms with Crippen LogP contribution in [0.2, 0.25) is 0 Å². The van der Waals surface area contributed by atoms with E-state index < -0.39 is 5.97 Å². The number of carboxylic acid groups (broad SMARTS) is 1. The number of rotatable bonds is 5. The topological polar surface area (TPSA) is 83.6 Å². The van der Waals surface area contributed by atoms with E-state index in [-0.39, 0.29) is 16.6 Å². The van der Waals surface area contributed by atoms with Gasteiger partial charge in [-0.25, -0.2) is 9.78 Å². The van der Waals surface area contributed by atoms with Crippen LogP contribution in [-0.2, 0) is 6.54 Å². The number of carboxylic acids is 1. The maximum Gasteiger partial charge on any atom is 0.355 e. The highest BCUT2D eigenvalue weighted by atomic mass is 32.1. The van der Waals surface area contributed by atoms with Gasteiger partial charge in [-0.3, -0.25) is 4.79 Å². The second-order valence-corrected chi connectivity index (χ2v) is 4.60. The van der Waals surface area contributed by atoms with Crippen molar-refractivity contribution in [1.29, 1.82) is 0 Å². The molecule has 0 saturated heterocycles. The fourth-order valence-electron chi connectivity index (χ4n) is 1.52. The number of carbonyl (C=O) groups is 2. The van der Waals surface area contributed by atoms with E-state index in [0.717, 1.165) is 11.3 Å². The number of aromatic nitrogens is 1. The van der Waals surface area contributed by atoms with Crippen molar-refractivity contribution in [1.82, 2.24) is 9.88 Å². The van der Waals surface area contributed by atoms with Gasteiger partial charge in [0, 0.05) is 11.9 Å². The Kier molecular flexibility index (Phi) is 3.96. The summed E-state index contributed by atoms with van der Waals surface area (Å²) >= 11 is 1.03. The summed E-state index contributed by atoms with van der Waals surface area (Å²) in [7, 11) is 0. The first-order valence-corrected chi connectivity index (χ1v) is 6.50. The van der Waals surface area contributed by atoms with Crippen LogP contribution in [0.1, 0.15) is 33.0 Å². The zero-order valence-electron chi connectivity index (χ0n) is 10.2. The summed E-state index contributed by atoms with van der Waals surface area (Å²) in [6, 6.07) is 3.53. The molecule has 0 bridgehead atoms. The minimum Gasteiger partial charge on any atom is -0.476 e. The standard InChI is InChI=1S/C12H12N2O4S/c1-2-14(6-8-4-3-5-18-8)11(15)10-13-9(7-19-10)12(16)17/h3-5,7H,2,6H2,1H3,(H,16,17). The smallest absolute Gasteiger partial charge is 0.355 e. The molecule has 0 spiro atoms. The van der Waals surface area contributed by atoms with E-state index in [1.165, 1.54) is 5.38 Å². The van der Waals surface area contributed by atoms with Gasteiger partial charge >= 0.3 is 5.97 Å². The average molecular weight is 280 g/mol. The molecule has 2 heterocycles. The molecule has 0 aliphatic heterocycles. The molecule has 0 fully saturated rings. The molecule has 0 radical (unpaired) electrons. The number of hydrogen-bond acceptors (Lipinski definition) is 5. The first-order chi connectivity index (χ1) is 9.11. The van der Waals surface area contributed by atoms with Crippen LogP contribution in [0.15, 0.2) is 28.2 Å². The van der Waals surface area contributed by atoms with Crippen LogP contribution in [0.25, 0.3) is 0 Å². The maximum atomic E-state index is 12.2. The zero-order chi connectivity index (χ0) is 13.8. The summed E-state index contributed by atoms with van der Waals surface area (Å²) in [6.07, 6.45) is 1.54. The molecule has 1 amide bonds. The zero-order valence-corrected chi connectivity index (χ0v) is 11.0. The number of aromatic carboxylic acids is 1. The Balaban J connectivity index is 2.13. The Morgan fingerprint density at radius 1 is 1.53 bits per heavy atom. The molecule has 2 aromatic heterocycles. The molecule has 100 valence electrons. The van der Waals surface area contributed by atoms with Crippen LogP contribution in [0, 0.1) is 0 Å². The van der Waals surface area contributed by atoms with Crippen molar-refractivity contribution in [3.63, 3.8) is 0 Å². The van der Waals surface area contributed by atoms with Gasteiger partial charge in [-0.15, -0.1) is 11.3 Å². The monoisotopic (exact) mass is 280 g/mol. The van der Waals surface area contributed by atoms with Gasteiger partial charge in [0.2, 0.25) is 0 Å². The van der Waals surface area contributed by atoms with Gasteiger partial charge in [0.25, 0.3) is 5.91 Å². The third-order valence-electron chi connectivity index (χ3n) is 2.50. The average Bonchev–Trinajstić information content (AvgIpc) is 3.06. The van der Waals surface area contributed by atoms with E-state index in [1.807, 2.05) is 6.92 Å². The van der Waals surface area contributed by atoms with Gasteiger partial charge in [0.15, 0.2) is 10.7 Å². The van der Waals surface area contributed by atoms with Crippen molar-refractivity contribution in [3.05, 3.63) is 40.2 Å². The van der Waals surface area contributed by atoms with Crippen molar-refractivity contribution < 1.29 is 19.1 Å². The number of carbonyl (C=O) groups excluding carboxylic acids is 1. The van der Waals surface area contributed by atoms with Crippen LogP contribution in [0.3, 0.4) is 0 Å². The molecule has 2 rings (SSSR count). The largest absolute Gasteiger partial charge is 0.476 e. The summed E-state index contributed by atoms with van der Waals surface area (Å²) < 4.78 is 5.19. The predicted octanol–water partition coefficient (Wildman–Crippen LogP) is 2.10. The third-order valence-corrected chi connectivity index (χ3v) is 3.33. The molecule has 0 atom stereocenters. The van der Waals surface area contributed by atoms with Crippen molar-refractivity contribution in [2.45, 2.75) is 13.5 Å². The maximum absolute atomic E-state index is 12.2. The number of furan rings is 1. The number of nitrogens with zero attached hydrogens (tertiary/aromatic N) is 2. The molecule has 0 aromatic carbocycles. The number of thiazole rings is 1. The van der Waals surface area contributed by atoms with Crippen molar-refractivity contribution in [2.75, 3.05) is 6.54 Å². The minimum absolute atomic E-state index is 0.109. The molecular weight excluding hydrogens is 268 g/mol. The first-order valence-electron chi connectivity index (χ1n) is 5.62. The molecule has 0 aliphatic carbocycles. The fourth-order valence-corrected chi connectivity index (χ4v) is 2.28. The van der Waals surface area contributed by atoms with Crippen LogP contribution in [-0.4, -0.2) is 33.4 Å². The molecule has 0 aliphatic rings. The van der Waals surface area contributed by atoms with Gasteiger partial charge in [-0.2, -0.15) is 0 Å². The number of amides is 1. The predicted molar refractivity (Wildman–Crippen MR) is 68.2 cm³/mol. The third kappa shape index (κ3) is 3.00. The summed E-state index contributed by atoms with van der Waals surface area (Å²) in [5.41, 5.74) is -0.109. The summed E-state index contributed by atoms with van der Waals surface area (Å²) in [4.78, 5) is 28.3. The lowest BCUT2D eigenvalue weighted by atomic mass is 10.4. The summed E-state index contributed by atoms with van der Waals surface area (Å²) in [5.74, 6) is -0.758. The second kappa shape index (κ2) is 5.66. The lowest BCUT2D eigenvalue weighted by Crippen LogP contribution is -2.30. The Morgan fingerprint density at radius 2 is 2.32 bits per heavy atom. The Morgan fingerprint density at radius 3 is 2.84 bits per heavy atom. The Bertz CT molecular complexity index is 576. The molecule has 0 unspecified atom stereocenters. The van der Waals surface area contributed by atoms with E-state index in [1.54, 1.807) is 23.3 Å².